The van der Waals surface area contributed by atoms with E-state index in [-0.39, 0.29) is 11.5 Å². The summed E-state index contributed by atoms with van der Waals surface area (Å²) in [6.45, 7) is 12.6. The van der Waals surface area contributed by atoms with Crippen LogP contribution in [0, 0.1) is 5.41 Å². The summed E-state index contributed by atoms with van der Waals surface area (Å²) in [6.07, 6.45) is 4.04. The molecular formula is C14H28N4. The van der Waals surface area contributed by atoms with Gasteiger partial charge in [-0.1, -0.05) is 20.8 Å². The molecule has 2 unspecified atom stereocenters. The maximum Gasteiger partial charge on any atom is 0.0538 e. The molecule has 1 heterocycles. The van der Waals surface area contributed by atoms with Gasteiger partial charge in [0.25, 0.3) is 0 Å². The maximum atomic E-state index is 5.96. The summed E-state index contributed by atoms with van der Waals surface area (Å²) in [6, 6.07) is 0.690. The first-order valence-electron chi connectivity index (χ1n) is 6.75. The van der Waals surface area contributed by atoms with Crippen molar-refractivity contribution in [2.75, 3.05) is 13.6 Å². The number of likely N-dealkylation sites (N-methyl/N-ethyl adjacent to an activating group) is 1. The Morgan fingerprint density at radius 3 is 2.44 bits per heavy atom. The molecule has 0 bridgehead atoms. The molecule has 0 fully saturated rings. The van der Waals surface area contributed by atoms with Crippen LogP contribution in [0.4, 0.5) is 0 Å². The van der Waals surface area contributed by atoms with Gasteiger partial charge in [-0.2, -0.15) is 5.10 Å². The van der Waals surface area contributed by atoms with Crippen molar-refractivity contribution in [1.82, 2.24) is 14.7 Å². The fourth-order valence-electron chi connectivity index (χ4n) is 2.14. The van der Waals surface area contributed by atoms with Crippen LogP contribution in [0.15, 0.2) is 12.4 Å². The zero-order valence-corrected chi connectivity index (χ0v) is 12.6. The Bertz CT molecular complexity index is 364. The smallest absolute Gasteiger partial charge is 0.0538 e. The Labute approximate surface area is 111 Å². The van der Waals surface area contributed by atoms with Crippen LogP contribution in [0.1, 0.15) is 46.2 Å². The summed E-state index contributed by atoms with van der Waals surface area (Å²) < 4.78 is 1.95. The molecular weight excluding hydrogens is 224 g/mol. The van der Waals surface area contributed by atoms with E-state index < -0.39 is 0 Å². The Morgan fingerprint density at radius 2 is 2.06 bits per heavy atom. The van der Waals surface area contributed by atoms with Gasteiger partial charge in [0.15, 0.2) is 0 Å². The van der Waals surface area contributed by atoms with Gasteiger partial charge < -0.3 is 5.73 Å². The van der Waals surface area contributed by atoms with Crippen LogP contribution in [-0.2, 0) is 6.54 Å². The van der Waals surface area contributed by atoms with Crippen molar-refractivity contribution in [2.45, 2.75) is 53.2 Å². The summed E-state index contributed by atoms with van der Waals surface area (Å²) in [4.78, 5) is 2.36. The topological polar surface area (TPSA) is 47.1 Å². The van der Waals surface area contributed by atoms with Crippen molar-refractivity contribution in [1.29, 1.82) is 0 Å². The summed E-state index contributed by atoms with van der Waals surface area (Å²) in [7, 11) is 2.15. The number of aryl methyl sites for hydroxylation is 1. The van der Waals surface area contributed by atoms with Gasteiger partial charge in [0.1, 0.15) is 0 Å². The molecule has 0 amide bonds. The predicted octanol–water partition coefficient (Wildman–Crippen LogP) is 2.27. The summed E-state index contributed by atoms with van der Waals surface area (Å²) in [5, 5.41) is 4.34. The molecule has 104 valence electrons. The second-order valence-electron chi connectivity index (χ2n) is 6.09. The molecule has 4 heteroatoms. The van der Waals surface area contributed by atoms with Gasteiger partial charge in [0.05, 0.1) is 12.2 Å². The molecule has 2 N–H and O–H groups in total. The van der Waals surface area contributed by atoms with Crippen molar-refractivity contribution in [3.05, 3.63) is 18.0 Å². The SMILES string of the molecule is CCn1cc(C(CN)N(C)C(C)C(C)(C)C)cn1. The highest BCUT2D eigenvalue weighted by atomic mass is 15.3. The fraction of sp³-hybridized carbons (Fsp3) is 0.786. The van der Waals surface area contributed by atoms with Crippen molar-refractivity contribution < 1.29 is 0 Å². The lowest BCUT2D eigenvalue weighted by molar-refractivity contribution is 0.100. The summed E-state index contributed by atoms with van der Waals surface area (Å²) >= 11 is 0. The summed E-state index contributed by atoms with van der Waals surface area (Å²) in [5.74, 6) is 0. The van der Waals surface area contributed by atoms with E-state index in [1.54, 1.807) is 0 Å². The number of rotatable bonds is 5. The molecule has 0 aliphatic carbocycles. The second kappa shape index (κ2) is 5.85. The maximum absolute atomic E-state index is 5.96. The number of nitrogens with zero attached hydrogens (tertiary/aromatic N) is 3. The van der Waals surface area contributed by atoms with Crippen molar-refractivity contribution in [3.8, 4) is 0 Å². The van der Waals surface area contributed by atoms with Gasteiger partial charge in [0, 0.05) is 30.9 Å². The van der Waals surface area contributed by atoms with Gasteiger partial charge in [-0.15, -0.1) is 0 Å². The largest absolute Gasteiger partial charge is 0.329 e. The van der Waals surface area contributed by atoms with E-state index >= 15 is 0 Å². The molecule has 4 nitrogen and oxygen atoms in total. The summed E-state index contributed by atoms with van der Waals surface area (Å²) in [5.41, 5.74) is 7.40. The average molecular weight is 252 g/mol. The Hall–Kier alpha value is -0.870. The minimum atomic E-state index is 0.236. The normalized spacial score (nSPS) is 16.0. The van der Waals surface area contributed by atoms with E-state index in [1.165, 1.54) is 5.56 Å². The van der Waals surface area contributed by atoms with Crippen LogP contribution >= 0.6 is 0 Å². The molecule has 0 saturated heterocycles. The lowest BCUT2D eigenvalue weighted by Gasteiger charge is -2.39. The number of nitrogens with two attached hydrogens (primary N) is 1. The number of hydrogen-bond donors (Lipinski definition) is 1. The quantitative estimate of drug-likeness (QED) is 0.874. The number of aromatic nitrogens is 2. The molecule has 1 aromatic heterocycles. The second-order valence-corrected chi connectivity index (χ2v) is 6.09. The van der Waals surface area contributed by atoms with Gasteiger partial charge in [-0.05, 0) is 26.3 Å². The van der Waals surface area contributed by atoms with Crippen LogP contribution in [0.2, 0.25) is 0 Å². The molecule has 1 rings (SSSR count). The third kappa shape index (κ3) is 3.33. The standard InChI is InChI=1S/C14H28N4/c1-7-18-10-12(9-16-18)13(8-15)17(6)11(2)14(3,4)5/h9-11,13H,7-8,15H2,1-6H3. The van der Waals surface area contributed by atoms with Gasteiger partial charge in [-0.3, -0.25) is 9.58 Å². The van der Waals surface area contributed by atoms with Crippen LogP contribution in [-0.4, -0.2) is 34.3 Å². The Kier molecular flexibility index (Phi) is 4.93. The monoisotopic (exact) mass is 252 g/mol. The highest BCUT2D eigenvalue weighted by Gasteiger charge is 2.29. The van der Waals surface area contributed by atoms with Crippen molar-refractivity contribution in [2.24, 2.45) is 11.1 Å². The van der Waals surface area contributed by atoms with Gasteiger partial charge >= 0.3 is 0 Å². The zero-order chi connectivity index (χ0) is 13.9. The Morgan fingerprint density at radius 1 is 1.44 bits per heavy atom. The van der Waals surface area contributed by atoms with Crippen molar-refractivity contribution >= 4 is 0 Å². The van der Waals surface area contributed by atoms with E-state index in [9.17, 15) is 0 Å². The molecule has 0 saturated carbocycles. The highest BCUT2D eigenvalue weighted by Crippen LogP contribution is 2.29. The lowest BCUT2D eigenvalue weighted by atomic mass is 9.86. The van der Waals surface area contributed by atoms with Crippen LogP contribution < -0.4 is 5.73 Å². The lowest BCUT2D eigenvalue weighted by Crippen LogP contribution is -2.43. The average Bonchev–Trinajstić information content (AvgIpc) is 2.76. The molecule has 0 aliphatic heterocycles. The predicted molar refractivity (Wildman–Crippen MR) is 76.4 cm³/mol. The molecule has 0 aromatic carbocycles. The van der Waals surface area contributed by atoms with Crippen LogP contribution in [0.3, 0.4) is 0 Å². The van der Waals surface area contributed by atoms with Crippen molar-refractivity contribution in [3.63, 3.8) is 0 Å². The van der Waals surface area contributed by atoms with Gasteiger partial charge in [0.2, 0.25) is 0 Å². The van der Waals surface area contributed by atoms with E-state index in [0.29, 0.717) is 12.6 Å². The van der Waals surface area contributed by atoms with E-state index in [2.05, 4.69) is 57.9 Å². The number of hydrogen-bond acceptors (Lipinski definition) is 3. The molecule has 1 aromatic rings. The van der Waals surface area contributed by atoms with E-state index in [4.69, 9.17) is 5.73 Å². The molecule has 2 atom stereocenters. The van der Waals surface area contributed by atoms with E-state index in [1.807, 2.05) is 10.9 Å². The van der Waals surface area contributed by atoms with Crippen LogP contribution in [0.5, 0.6) is 0 Å². The highest BCUT2D eigenvalue weighted by molar-refractivity contribution is 5.11. The first-order valence-corrected chi connectivity index (χ1v) is 6.75. The van der Waals surface area contributed by atoms with Gasteiger partial charge in [-0.25, -0.2) is 0 Å². The zero-order valence-electron chi connectivity index (χ0n) is 12.6. The third-order valence-electron chi connectivity index (χ3n) is 3.94. The van der Waals surface area contributed by atoms with E-state index in [0.717, 1.165) is 6.54 Å². The van der Waals surface area contributed by atoms with Crippen LogP contribution in [0.25, 0.3) is 0 Å². The fourth-order valence-corrected chi connectivity index (χ4v) is 2.14. The molecule has 0 aliphatic rings. The molecule has 0 radical (unpaired) electrons. The molecule has 0 spiro atoms. The Balaban J connectivity index is 2.89. The first-order chi connectivity index (χ1) is 8.31. The minimum absolute atomic E-state index is 0.236. The first kappa shape index (κ1) is 15.2. The minimum Gasteiger partial charge on any atom is -0.329 e. The third-order valence-corrected chi connectivity index (χ3v) is 3.94. The molecule has 18 heavy (non-hydrogen) atoms.